The Morgan fingerprint density at radius 3 is 2.76 bits per heavy atom. The average molecular weight is 306 g/mol. The topological polar surface area (TPSA) is 38.1 Å². The summed E-state index contributed by atoms with van der Waals surface area (Å²) in [5, 5.41) is 0. The molecule has 3 rings (SSSR count). The highest BCUT2D eigenvalue weighted by molar-refractivity contribution is 6.16. The minimum Gasteiger partial charge on any atom is -0.341 e. The summed E-state index contributed by atoms with van der Waals surface area (Å²) in [6.45, 7) is 4.12. The molecule has 2 heterocycles. The molecule has 0 saturated carbocycles. The number of fused-ring (bicyclic) bond motifs is 1. The number of hydrogen-bond acceptors (Lipinski definition) is 2. The van der Waals surface area contributed by atoms with Gasteiger partial charge in [0, 0.05) is 13.1 Å². The average Bonchev–Trinajstić information content (AvgIpc) is 2.87. The van der Waals surface area contributed by atoms with Gasteiger partial charge >= 0.3 is 0 Å². The fourth-order valence-electron chi connectivity index (χ4n) is 2.99. The summed E-state index contributed by atoms with van der Waals surface area (Å²) >= 11 is 6.02. The molecule has 0 spiro atoms. The summed E-state index contributed by atoms with van der Waals surface area (Å²) in [6, 6.07) is 6.04. The third-order valence-corrected chi connectivity index (χ3v) is 4.42. The molecule has 0 unspecified atom stereocenters. The zero-order valence-corrected chi connectivity index (χ0v) is 13.1. The van der Waals surface area contributed by atoms with Crippen LogP contribution in [-0.4, -0.2) is 33.4 Å². The largest absolute Gasteiger partial charge is 0.341 e. The van der Waals surface area contributed by atoms with Crippen LogP contribution in [-0.2, 0) is 17.2 Å². The molecular weight excluding hydrogens is 286 g/mol. The molecule has 0 N–H and O–H groups in total. The van der Waals surface area contributed by atoms with Crippen LogP contribution in [0.2, 0.25) is 0 Å². The maximum absolute atomic E-state index is 12.5. The molecule has 1 aromatic carbocycles. The first kappa shape index (κ1) is 14.4. The van der Waals surface area contributed by atoms with Gasteiger partial charge in [-0.05, 0) is 37.8 Å². The first-order valence-electron chi connectivity index (χ1n) is 7.49. The van der Waals surface area contributed by atoms with E-state index in [1.807, 2.05) is 34.6 Å². The second kappa shape index (κ2) is 6.06. The Bertz CT molecular complexity index is 659. The van der Waals surface area contributed by atoms with E-state index in [-0.39, 0.29) is 5.91 Å². The van der Waals surface area contributed by atoms with Crippen molar-refractivity contribution in [3.63, 3.8) is 0 Å². The SMILES string of the molecule is Cc1cccc2c1nc(CCl)n2CC(=O)N1CCCCC1. The number of imidazole rings is 1. The van der Waals surface area contributed by atoms with E-state index in [1.165, 1.54) is 6.42 Å². The second-order valence-corrected chi connectivity index (χ2v) is 5.90. The number of alkyl halides is 1. The highest BCUT2D eigenvalue weighted by atomic mass is 35.5. The first-order chi connectivity index (χ1) is 10.2. The number of rotatable bonds is 3. The number of halogens is 1. The number of para-hydroxylation sites is 1. The van der Waals surface area contributed by atoms with Gasteiger partial charge in [-0.3, -0.25) is 4.79 Å². The van der Waals surface area contributed by atoms with Crippen molar-refractivity contribution >= 4 is 28.5 Å². The van der Waals surface area contributed by atoms with Crippen LogP contribution >= 0.6 is 11.6 Å². The Morgan fingerprint density at radius 1 is 1.29 bits per heavy atom. The number of carbonyl (C=O) groups is 1. The molecule has 1 amide bonds. The summed E-state index contributed by atoms with van der Waals surface area (Å²) in [5.74, 6) is 1.26. The van der Waals surface area contributed by atoms with E-state index in [0.717, 1.165) is 48.4 Å². The summed E-state index contributed by atoms with van der Waals surface area (Å²) in [7, 11) is 0. The predicted molar refractivity (Wildman–Crippen MR) is 84.5 cm³/mol. The minimum atomic E-state index is 0.168. The quantitative estimate of drug-likeness (QED) is 0.817. The molecule has 0 atom stereocenters. The van der Waals surface area contributed by atoms with E-state index >= 15 is 0 Å². The molecule has 4 nitrogen and oxygen atoms in total. The van der Waals surface area contributed by atoms with E-state index in [1.54, 1.807) is 0 Å². The summed E-state index contributed by atoms with van der Waals surface area (Å²) in [5.41, 5.74) is 3.05. The molecule has 1 aromatic heterocycles. The standard InChI is InChI=1S/C16H20ClN3O/c1-12-6-5-7-13-16(12)18-14(10-17)20(13)11-15(21)19-8-3-2-4-9-19/h5-7H,2-4,8-11H2,1H3. The van der Waals surface area contributed by atoms with Crippen LogP contribution < -0.4 is 0 Å². The molecule has 1 saturated heterocycles. The third-order valence-electron chi connectivity index (χ3n) is 4.18. The Morgan fingerprint density at radius 2 is 2.05 bits per heavy atom. The van der Waals surface area contributed by atoms with Crippen molar-refractivity contribution in [3.8, 4) is 0 Å². The lowest BCUT2D eigenvalue weighted by Crippen LogP contribution is -2.38. The van der Waals surface area contributed by atoms with Crippen LogP contribution in [0.4, 0.5) is 0 Å². The number of likely N-dealkylation sites (tertiary alicyclic amines) is 1. The molecule has 0 aliphatic carbocycles. The molecular formula is C16H20ClN3O. The molecule has 0 radical (unpaired) electrons. The van der Waals surface area contributed by atoms with Crippen molar-refractivity contribution in [2.45, 2.75) is 38.6 Å². The second-order valence-electron chi connectivity index (χ2n) is 5.63. The summed E-state index contributed by atoms with van der Waals surface area (Å²) in [4.78, 5) is 19.0. The lowest BCUT2D eigenvalue weighted by Gasteiger charge is -2.27. The minimum absolute atomic E-state index is 0.168. The molecule has 1 aliphatic rings. The van der Waals surface area contributed by atoms with Gasteiger partial charge in [-0.15, -0.1) is 11.6 Å². The number of nitrogens with zero attached hydrogens (tertiary/aromatic N) is 3. The molecule has 0 bridgehead atoms. The number of aromatic nitrogens is 2. The van der Waals surface area contributed by atoms with Crippen LogP contribution in [0.25, 0.3) is 11.0 Å². The lowest BCUT2D eigenvalue weighted by molar-refractivity contribution is -0.132. The van der Waals surface area contributed by atoms with E-state index < -0.39 is 0 Å². The van der Waals surface area contributed by atoms with Crippen molar-refractivity contribution in [1.82, 2.24) is 14.5 Å². The molecule has 1 fully saturated rings. The summed E-state index contributed by atoms with van der Waals surface area (Å²) in [6.07, 6.45) is 3.44. The lowest BCUT2D eigenvalue weighted by atomic mass is 10.1. The van der Waals surface area contributed by atoms with Crippen molar-refractivity contribution < 1.29 is 4.79 Å². The van der Waals surface area contributed by atoms with Gasteiger partial charge in [0.15, 0.2) is 0 Å². The molecule has 2 aromatic rings. The van der Waals surface area contributed by atoms with Gasteiger partial charge in [-0.2, -0.15) is 0 Å². The Kier molecular flexibility index (Phi) is 4.15. The van der Waals surface area contributed by atoms with Gasteiger partial charge in [0.25, 0.3) is 0 Å². The zero-order chi connectivity index (χ0) is 14.8. The normalized spacial score (nSPS) is 15.6. The maximum atomic E-state index is 12.5. The highest BCUT2D eigenvalue weighted by Gasteiger charge is 2.19. The van der Waals surface area contributed by atoms with Crippen LogP contribution in [0.1, 0.15) is 30.7 Å². The third kappa shape index (κ3) is 2.77. The van der Waals surface area contributed by atoms with Gasteiger partial charge in [0.1, 0.15) is 12.4 Å². The monoisotopic (exact) mass is 305 g/mol. The van der Waals surface area contributed by atoms with Crippen LogP contribution in [0.3, 0.4) is 0 Å². The van der Waals surface area contributed by atoms with E-state index in [2.05, 4.69) is 4.98 Å². The fourth-order valence-corrected chi connectivity index (χ4v) is 3.20. The number of piperidine rings is 1. The van der Waals surface area contributed by atoms with Crippen LogP contribution in [0, 0.1) is 6.92 Å². The molecule has 1 aliphatic heterocycles. The number of amides is 1. The predicted octanol–water partition coefficient (Wildman–Crippen LogP) is 3.10. The number of carbonyl (C=O) groups excluding carboxylic acids is 1. The number of aryl methyl sites for hydroxylation is 1. The zero-order valence-electron chi connectivity index (χ0n) is 12.3. The molecule has 21 heavy (non-hydrogen) atoms. The van der Waals surface area contributed by atoms with Gasteiger partial charge in [0.05, 0.1) is 16.9 Å². The van der Waals surface area contributed by atoms with Crippen molar-refractivity contribution in [3.05, 3.63) is 29.6 Å². The Balaban J connectivity index is 1.92. The molecule has 5 heteroatoms. The number of benzene rings is 1. The van der Waals surface area contributed by atoms with Gasteiger partial charge in [0.2, 0.25) is 5.91 Å². The van der Waals surface area contributed by atoms with E-state index in [9.17, 15) is 4.79 Å². The van der Waals surface area contributed by atoms with Crippen LogP contribution in [0.5, 0.6) is 0 Å². The van der Waals surface area contributed by atoms with Crippen molar-refractivity contribution in [2.24, 2.45) is 0 Å². The smallest absolute Gasteiger partial charge is 0.242 e. The van der Waals surface area contributed by atoms with Crippen LogP contribution in [0.15, 0.2) is 18.2 Å². The number of hydrogen-bond donors (Lipinski definition) is 0. The fraction of sp³-hybridized carbons (Fsp3) is 0.500. The summed E-state index contributed by atoms with van der Waals surface area (Å²) < 4.78 is 1.96. The van der Waals surface area contributed by atoms with Gasteiger partial charge < -0.3 is 9.47 Å². The van der Waals surface area contributed by atoms with Gasteiger partial charge in [-0.25, -0.2) is 4.98 Å². The van der Waals surface area contributed by atoms with E-state index in [0.29, 0.717) is 12.4 Å². The first-order valence-corrected chi connectivity index (χ1v) is 8.02. The molecule has 112 valence electrons. The van der Waals surface area contributed by atoms with Crippen molar-refractivity contribution in [1.29, 1.82) is 0 Å². The Hall–Kier alpha value is -1.55. The maximum Gasteiger partial charge on any atom is 0.242 e. The van der Waals surface area contributed by atoms with Crippen molar-refractivity contribution in [2.75, 3.05) is 13.1 Å². The van der Waals surface area contributed by atoms with E-state index in [4.69, 9.17) is 11.6 Å². The highest BCUT2D eigenvalue weighted by Crippen LogP contribution is 2.21. The Labute approximate surface area is 129 Å². The van der Waals surface area contributed by atoms with Gasteiger partial charge in [-0.1, -0.05) is 12.1 Å².